The van der Waals surface area contributed by atoms with E-state index in [0.717, 1.165) is 6.07 Å². The van der Waals surface area contributed by atoms with Gasteiger partial charge in [-0.05, 0) is 45.4 Å². The number of hydrogen-bond donors (Lipinski definition) is 4. The van der Waals surface area contributed by atoms with Gasteiger partial charge in [0.15, 0.2) is 0 Å². The largest absolute Gasteiger partial charge is 0.333 e. The Bertz CT molecular complexity index is 517. The SMILES string of the molecule is Cc1cc(F)cc(Cl)c1NC(=N)NC(=O)NC(C)(C)C. The number of halogens is 2. The van der Waals surface area contributed by atoms with E-state index in [4.69, 9.17) is 17.0 Å². The highest BCUT2D eigenvalue weighted by molar-refractivity contribution is 6.34. The molecule has 0 unspecified atom stereocenters. The molecule has 4 N–H and O–H groups in total. The van der Waals surface area contributed by atoms with Crippen molar-refractivity contribution in [2.45, 2.75) is 33.2 Å². The third-order valence-corrected chi connectivity index (χ3v) is 2.53. The third kappa shape index (κ3) is 5.05. The first-order chi connectivity index (χ1) is 9.08. The van der Waals surface area contributed by atoms with Gasteiger partial charge in [0.25, 0.3) is 0 Å². The van der Waals surface area contributed by atoms with Gasteiger partial charge in [0.1, 0.15) is 5.82 Å². The van der Waals surface area contributed by atoms with Crippen molar-refractivity contribution in [3.63, 3.8) is 0 Å². The van der Waals surface area contributed by atoms with E-state index in [1.54, 1.807) is 6.92 Å². The highest BCUT2D eigenvalue weighted by Crippen LogP contribution is 2.26. The second kappa shape index (κ2) is 6.09. The van der Waals surface area contributed by atoms with Gasteiger partial charge in [0.2, 0.25) is 5.96 Å². The number of carbonyl (C=O) groups excluding carboxylic acids is 1. The number of hydrogen-bond acceptors (Lipinski definition) is 2. The molecular weight excluding hydrogens is 283 g/mol. The molecule has 110 valence electrons. The molecule has 0 heterocycles. The molecule has 0 aromatic heterocycles. The Morgan fingerprint density at radius 3 is 2.45 bits per heavy atom. The summed E-state index contributed by atoms with van der Waals surface area (Å²) in [7, 11) is 0. The molecule has 0 spiro atoms. The first-order valence-electron chi connectivity index (χ1n) is 5.99. The van der Waals surface area contributed by atoms with Crippen molar-refractivity contribution in [1.82, 2.24) is 10.6 Å². The number of aryl methyl sites for hydroxylation is 1. The van der Waals surface area contributed by atoms with Gasteiger partial charge in [-0.3, -0.25) is 10.7 Å². The number of amides is 2. The molecule has 20 heavy (non-hydrogen) atoms. The topological polar surface area (TPSA) is 77.0 Å². The minimum Gasteiger partial charge on any atom is -0.333 e. The van der Waals surface area contributed by atoms with Gasteiger partial charge in [0.05, 0.1) is 10.7 Å². The summed E-state index contributed by atoms with van der Waals surface area (Å²) >= 11 is 5.89. The van der Waals surface area contributed by atoms with Gasteiger partial charge in [-0.2, -0.15) is 0 Å². The summed E-state index contributed by atoms with van der Waals surface area (Å²) in [6.07, 6.45) is 0. The van der Waals surface area contributed by atoms with Gasteiger partial charge in [-0.1, -0.05) is 11.6 Å². The van der Waals surface area contributed by atoms with E-state index in [2.05, 4.69) is 16.0 Å². The summed E-state index contributed by atoms with van der Waals surface area (Å²) in [4.78, 5) is 11.6. The molecule has 1 rings (SSSR count). The van der Waals surface area contributed by atoms with Crippen LogP contribution in [0.15, 0.2) is 12.1 Å². The standard InChI is InChI=1S/C13H18ClFN4O/c1-7-5-8(15)6-9(14)10(7)17-11(16)18-12(20)19-13(2,3)4/h5-6H,1-4H3,(H4,16,17,18,19,20). The van der Waals surface area contributed by atoms with Crippen LogP contribution < -0.4 is 16.0 Å². The van der Waals surface area contributed by atoms with Crippen LogP contribution in [0, 0.1) is 18.2 Å². The van der Waals surface area contributed by atoms with Crippen LogP contribution >= 0.6 is 11.6 Å². The fraction of sp³-hybridized carbons (Fsp3) is 0.385. The van der Waals surface area contributed by atoms with Crippen molar-refractivity contribution in [1.29, 1.82) is 5.41 Å². The Hall–Kier alpha value is -1.82. The lowest BCUT2D eigenvalue weighted by molar-refractivity contribution is 0.236. The maximum atomic E-state index is 13.1. The van der Waals surface area contributed by atoms with Crippen LogP contribution in [0.3, 0.4) is 0 Å². The molecule has 1 aromatic rings. The van der Waals surface area contributed by atoms with Crippen molar-refractivity contribution >= 4 is 29.3 Å². The smallest absolute Gasteiger partial charge is 0.321 e. The number of carbonyl (C=O) groups is 1. The van der Waals surface area contributed by atoms with Crippen molar-refractivity contribution < 1.29 is 9.18 Å². The summed E-state index contributed by atoms with van der Waals surface area (Å²) < 4.78 is 13.1. The molecule has 0 aliphatic rings. The lowest BCUT2D eigenvalue weighted by atomic mass is 10.1. The molecule has 0 aliphatic carbocycles. The molecule has 0 saturated carbocycles. The van der Waals surface area contributed by atoms with Gasteiger partial charge >= 0.3 is 6.03 Å². The monoisotopic (exact) mass is 300 g/mol. The van der Waals surface area contributed by atoms with E-state index in [9.17, 15) is 9.18 Å². The zero-order valence-corrected chi connectivity index (χ0v) is 12.6. The van der Waals surface area contributed by atoms with E-state index in [1.807, 2.05) is 20.8 Å². The predicted molar refractivity (Wildman–Crippen MR) is 78.9 cm³/mol. The summed E-state index contributed by atoms with van der Waals surface area (Å²) in [5, 5.41) is 15.4. The molecule has 0 fully saturated rings. The first-order valence-corrected chi connectivity index (χ1v) is 6.36. The zero-order chi connectivity index (χ0) is 15.5. The quantitative estimate of drug-likeness (QED) is 0.475. The molecule has 0 radical (unpaired) electrons. The second-order valence-corrected chi connectivity index (χ2v) is 5.82. The number of urea groups is 1. The number of rotatable bonds is 1. The van der Waals surface area contributed by atoms with E-state index in [-0.39, 0.29) is 11.0 Å². The molecule has 0 aliphatic heterocycles. The van der Waals surface area contributed by atoms with Crippen molar-refractivity contribution in [2.24, 2.45) is 0 Å². The number of benzene rings is 1. The normalized spacial score (nSPS) is 10.9. The zero-order valence-electron chi connectivity index (χ0n) is 11.8. The maximum absolute atomic E-state index is 13.1. The number of guanidine groups is 1. The molecule has 1 aromatic carbocycles. The summed E-state index contributed by atoms with van der Waals surface area (Å²) in [6, 6.07) is 1.92. The number of anilines is 1. The highest BCUT2D eigenvalue weighted by Gasteiger charge is 2.15. The number of nitrogens with one attached hydrogen (secondary N) is 4. The average Bonchev–Trinajstić information content (AvgIpc) is 2.20. The highest BCUT2D eigenvalue weighted by atomic mass is 35.5. The molecule has 7 heteroatoms. The minimum absolute atomic E-state index is 0.144. The molecule has 0 atom stereocenters. The van der Waals surface area contributed by atoms with Crippen LogP contribution in [-0.4, -0.2) is 17.5 Å². The molecule has 5 nitrogen and oxygen atoms in total. The predicted octanol–water partition coefficient (Wildman–Crippen LogP) is 3.23. The van der Waals surface area contributed by atoms with Crippen LogP contribution in [0.4, 0.5) is 14.9 Å². The van der Waals surface area contributed by atoms with Gasteiger partial charge in [-0.25, -0.2) is 9.18 Å². The third-order valence-electron chi connectivity index (χ3n) is 2.23. The Labute approximate surface area is 122 Å². The molecular formula is C13H18ClFN4O. The van der Waals surface area contributed by atoms with Crippen molar-refractivity contribution in [2.75, 3.05) is 5.32 Å². The Morgan fingerprint density at radius 2 is 1.95 bits per heavy atom. The fourth-order valence-electron chi connectivity index (χ4n) is 1.50. The van der Waals surface area contributed by atoms with Gasteiger partial charge in [0, 0.05) is 5.54 Å². The molecule has 0 bridgehead atoms. The summed E-state index contributed by atoms with van der Waals surface area (Å²) in [5.74, 6) is -0.702. The average molecular weight is 301 g/mol. The van der Waals surface area contributed by atoms with Crippen LogP contribution in [0.5, 0.6) is 0 Å². The van der Waals surface area contributed by atoms with Gasteiger partial charge in [-0.15, -0.1) is 0 Å². The van der Waals surface area contributed by atoms with Crippen molar-refractivity contribution in [3.05, 3.63) is 28.5 Å². The fourth-order valence-corrected chi connectivity index (χ4v) is 1.80. The van der Waals surface area contributed by atoms with Crippen LogP contribution in [0.2, 0.25) is 5.02 Å². The van der Waals surface area contributed by atoms with E-state index in [1.165, 1.54) is 6.07 Å². The van der Waals surface area contributed by atoms with Crippen LogP contribution in [-0.2, 0) is 0 Å². The Balaban J connectivity index is 2.70. The Morgan fingerprint density at radius 1 is 1.35 bits per heavy atom. The summed E-state index contributed by atoms with van der Waals surface area (Å²) in [5.41, 5.74) is 0.514. The van der Waals surface area contributed by atoms with Crippen LogP contribution in [0.1, 0.15) is 26.3 Å². The van der Waals surface area contributed by atoms with E-state index < -0.39 is 17.4 Å². The van der Waals surface area contributed by atoms with E-state index in [0.29, 0.717) is 11.3 Å². The summed E-state index contributed by atoms with van der Waals surface area (Å²) in [6.45, 7) is 7.12. The van der Waals surface area contributed by atoms with Crippen molar-refractivity contribution in [3.8, 4) is 0 Å². The maximum Gasteiger partial charge on any atom is 0.321 e. The van der Waals surface area contributed by atoms with Crippen LogP contribution in [0.25, 0.3) is 0 Å². The lowest BCUT2D eigenvalue weighted by Gasteiger charge is -2.21. The molecule has 2 amide bonds. The molecule has 0 saturated heterocycles. The first kappa shape index (κ1) is 16.2. The van der Waals surface area contributed by atoms with Gasteiger partial charge < -0.3 is 10.6 Å². The Kier molecular flexibility index (Phi) is 4.94. The lowest BCUT2D eigenvalue weighted by Crippen LogP contribution is -2.49. The van der Waals surface area contributed by atoms with E-state index >= 15 is 0 Å². The minimum atomic E-state index is -0.508. The second-order valence-electron chi connectivity index (χ2n) is 5.41.